The monoisotopic (exact) mass is 341 g/mol. The third-order valence-electron chi connectivity index (χ3n) is 3.15. The van der Waals surface area contributed by atoms with Crippen molar-refractivity contribution >= 4 is 39.8 Å². The third kappa shape index (κ3) is 2.20. The summed E-state index contributed by atoms with van der Waals surface area (Å²) in [4.78, 5) is 15.8. The van der Waals surface area contributed by atoms with Crippen molar-refractivity contribution in [3.05, 3.63) is 62.6 Å². The number of pyridine rings is 2. The van der Waals surface area contributed by atoms with Crippen LogP contribution in [0.15, 0.2) is 35.4 Å². The number of fused-ring (bicyclic) bond motifs is 1. The summed E-state index contributed by atoms with van der Waals surface area (Å²) in [6.07, 6.45) is 2.75. The quantitative estimate of drug-likeness (QED) is 0.543. The van der Waals surface area contributed by atoms with E-state index in [4.69, 9.17) is 28.9 Å². The Balaban J connectivity index is 2.45. The van der Waals surface area contributed by atoms with Gasteiger partial charge in [0.05, 0.1) is 28.5 Å². The van der Waals surface area contributed by atoms with Crippen LogP contribution in [0.25, 0.3) is 16.6 Å². The van der Waals surface area contributed by atoms with Crippen LogP contribution in [-0.2, 0) is 0 Å². The highest BCUT2D eigenvalue weighted by atomic mass is 35.5. The second-order valence-electron chi connectivity index (χ2n) is 4.51. The minimum Gasteiger partial charge on any atom is -0.396 e. The number of hydrogen-bond acceptors (Lipinski definition) is 3. The standard InChI is InChI=1S/C14H7Cl2F2N3O/c15-11-12(18)8(17)4-7-10(22)1-2-21(13(7)11)6-3-9(19)14(16)20-5-6/h1-5H,19H2. The zero-order valence-corrected chi connectivity index (χ0v) is 12.3. The van der Waals surface area contributed by atoms with Crippen molar-refractivity contribution in [1.29, 1.82) is 0 Å². The number of nitrogen functional groups attached to an aromatic ring is 1. The summed E-state index contributed by atoms with van der Waals surface area (Å²) in [5.41, 5.74) is 5.83. The Morgan fingerprint density at radius 1 is 1.23 bits per heavy atom. The maximum absolute atomic E-state index is 13.7. The fraction of sp³-hybridized carbons (Fsp3) is 0. The molecule has 2 heterocycles. The van der Waals surface area contributed by atoms with Crippen LogP contribution in [0, 0.1) is 11.6 Å². The first-order valence-corrected chi connectivity index (χ1v) is 6.76. The molecule has 2 aromatic heterocycles. The molecule has 22 heavy (non-hydrogen) atoms. The predicted molar refractivity (Wildman–Crippen MR) is 81.7 cm³/mol. The molecule has 8 heteroatoms. The highest BCUT2D eigenvalue weighted by molar-refractivity contribution is 6.35. The van der Waals surface area contributed by atoms with Gasteiger partial charge in [0.15, 0.2) is 22.2 Å². The zero-order chi connectivity index (χ0) is 16.0. The van der Waals surface area contributed by atoms with Gasteiger partial charge in [-0.2, -0.15) is 0 Å². The van der Waals surface area contributed by atoms with Crippen molar-refractivity contribution < 1.29 is 8.78 Å². The molecular formula is C14H7Cl2F2N3O. The fourth-order valence-electron chi connectivity index (χ4n) is 2.12. The van der Waals surface area contributed by atoms with Crippen LogP contribution in [0.4, 0.5) is 14.5 Å². The van der Waals surface area contributed by atoms with E-state index in [0.29, 0.717) is 5.69 Å². The van der Waals surface area contributed by atoms with Crippen LogP contribution in [0.5, 0.6) is 0 Å². The maximum atomic E-state index is 13.7. The average Bonchev–Trinajstić information content (AvgIpc) is 2.49. The van der Waals surface area contributed by atoms with E-state index < -0.39 is 22.1 Å². The van der Waals surface area contributed by atoms with E-state index in [9.17, 15) is 13.6 Å². The van der Waals surface area contributed by atoms with Crippen molar-refractivity contribution in [1.82, 2.24) is 9.55 Å². The molecule has 1 aromatic carbocycles. The van der Waals surface area contributed by atoms with E-state index in [1.807, 2.05) is 0 Å². The summed E-state index contributed by atoms with van der Waals surface area (Å²) in [5, 5.41) is -0.446. The van der Waals surface area contributed by atoms with E-state index in [1.165, 1.54) is 29.1 Å². The average molecular weight is 342 g/mol. The van der Waals surface area contributed by atoms with Gasteiger partial charge in [-0.05, 0) is 12.1 Å². The molecule has 0 saturated heterocycles. The fourth-order valence-corrected chi connectivity index (χ4v) is 2.50. The van der Waals surface area contributed by atoms with Gasteiger partial charge in [0.1, 0.15) is 5.02 Å². The molecule has 0 unspecified atom stereocenters. The Kier molecular flexibility index (Phi) is 3.50. The van der Waals surface area contributed by atoms with Crippen LogP contribution in [-0.4, -0.2) is 9.55 Å². The second kappa shape index (κ2) is 5.23. The van der Waals surface area contributed by atoms with Gasteiger partial charge in [-0.3, -0.25) is 4.79 Å². The first-order chi connectivity index (χ1) is 10.4. The Labute approximate surface area is 132 Å². The van der Waals surface area contributed by atoms with Crippen LogP contribution < -0.4 is 11.2 Å². The molecule has 0 saturated carbocycles. The molecule has 3 rings (SSSR count). The van der Waals surface area contributed by atoms with Crippen LogP contribution in [0.3, 0.4) is 0 Å². The second-order valence-corrected chi connectivity index (χ2v) is 5.24. The SMILES string of the molecule is Nc1cc(-n2ccc(=O)c3cc(F)c(F)c(Cl)c32)cnc1Cl. The van der Waals surface area contributed by atoms with Gasteiger partial charge in [0, 0.05) is 12.3 Å². The van der Waals surface area contributed by atoms with Gasteiger partial charge in [0.2, 0.25) is 0 Å². The van der Waals surface area contributed by atoms with Gasteiger partial charge in [-0.15, -0.1) is 0 Å². The molecule has 0 radical (unpaired) electrons. The number of nitrogens with two attached hydrogens (primary N) is 1. The molecule has 0 aliphatic heterocycles. The van der Waals surface area contributed by atoms with E-state index >= 15 is 0 Å². The first-order valence-electron chi connectivity index (χ1n) is 6.00. The Morgan fingerprint density at radius 3 is 2.64 bits per heavy atom. The topological polar surface area (TPSA) is 60.9 Å². The number of halogens is 4. The number of nitrogens with zero attached hydrogens (tertiary/aromatic N) is 2. The molecular weight excluding hydrogens is 335 g/mol. The lowest BCUT2D eigenvalue weighted by molar-refractivity contribution is 0.511. The summed E-state index contributed by atoms with van der Waals surface area (Å²) in [6.45, 7) is 0. The Hall–Kier alpha value is -2.18. The van der Waals surface area contributed by atoms with Crippen molar-refractivity contribution in [2.45, 2.75) is 0 Å². The molecule has 0 aliphatic rings. The third-order valence-corrected chi connectivity index (χ3v) is 3.81. The van der Waals surface area contributed by atoms with Gasteiger partial charge < -0.3 is 10.3 Å². The Bertz CT molecular complexity index is 972. The molecule has 112 valence electrons. The van der Waals surface area contributed by atoms with Crippen molar-refractivity contribution in [3.63, 3.8) is 0 Å². The molecule has 0 aliphatic carbocycles. The summed E-state index contributed by atoms with van der Waals surface area (Å²) in [6, 6.07) is 3.50. The molecule has 0 fully saturated rings. The van der Waals surface area contributed by atoms with Crippen LogP contribution >= 0.6 is 23.2 Å². The van der Waals surface area contributed by atoms with Gasteiger partial charge in [-0.25, -0.2) is 13.8 Å². The summed E-state index contributed by atoms with van der Waals surface area (Å²) in [7, 11) is 0. The number of benzene rings is 1. The normalized spacial score (nSPS) is 11.1. The number of anilines is 1. The number of hydrogen-bond donors (Lipinski definition) is 1. The molecule has 3 aromatic rings. The molecule has 0 spiro atoms. The summed E-state index contributed by atoms with van der Waals surface area (Å²) >= 11 is 11.6. The maximum Gasteiger partial charge on any atom is 0.189 e. The molecule has 0 bridgehead atoms. The highest BCUT2D eigenvalue weighted by Crippen LogP contribution is 2.29. The summed E-state index contributed by atoms with van der Waals surface area (Å²) < 4.78 is 28.6. The lowest BCUT2D eigenvalue weighted by atomic mass is 10.2. The lowest BCUT2D eigenvalue weighted by Gasteiger charge is -2.13. The minimum atomic E-state index is -1.23. The molecule has 0 amide bonds. The number of aromatic nitrogens is 2. The van der Waals surface area contributed by atoms with Crippen LogP contribution in [0.1, 0.15) is 0 Å². The minimum absolute atomic E-state index is 0.0246. The highest BCUT2D eigenvalue weighted by Gasteiger charge is 2.17. The zero-order valence-electron chi connectivity index (χ0n) is 10.8. The number of rotatable bonds is 1. The lowest BCUT2D eigenvalue weighted by Crippen LogP contribution is -2.09. The largest absolute Gasteiger partial charge is 0.396 e. The van der Waals surface area contributed by atoms with E-state index in [2.05, 4.69) is 4.98 Å². The van der Waals surface area contributed by atoms with Gasteiger partial charge in [0.25, 0.3) is 0 Å². The summed E-state index contributed by atoms with van der Waals surface area (Å²) in [5.74, 6) is -2.43. The molecule has 0 atom stereocenters. The van der Waals surface area contributed by atoms with Crippen molar-refractivity contribution in [2.24, 2.45) is 0 Å². The van der Waals surface area contributed by atoms with Crippen molar-refractivity contribution in [2.75, 3.05) is 5.73 Å². The smallest absolute Gasteiger partial charge is 0.189 e. The Morgan fingerprint density at radius 2 is 1.95 bits per heavy atom. The van der Waals surface area contributed by atoms with Crippen LogP contribution in [0.2, 0.25) is 10.2 Å². The first kappa shape index (κ1) is 14.7. The van der Waals surface area contributed by atoms with Crippen molar-refractivity contribution in [3.8, 4) is 5.69 Å². The van der Waals surface area contributed by atoms with Gasteiger partial charge in [-0.1, -0.05) is 23.2 Å². The predicted octanol–water partition coefficient (Wildman–Crippen LogP) is 3.55. The van der Waals surface area contributed by atoms with E-state index in [0.717, 1.165) is 6.07 Å². The molecule has 4 nitrogen and oxygen atoms in total. The van der Waals surface area contributed by atoms with E-state index in [1.54, 1.807) is 0 Å². The van der Waals surface area contributed by atoms with E-state index in [-0.39, 0.29) is 21.7 Å². The molecule has 2 N–H and O–H groups in total. The van der Waals surface area contributed by atoms with Gasteiger partial charge >= 0.3 is 0 Å².